The van der Waals surface area contributed by atoms with Crippen molar-refractivity contribution >= 4 is 29.7 Å². The van der Waals surface area contributed by atoms with Gasteiger partial charge in [0.1, 0.15) is 5.75 Å². The molecule has 0 atom stereocenters. The zero-order valence-corrected chi connectivity index (χ0v) is 15.5. The lowest BCUT2D eigenvalue weighted by molar-refractivity contribution is -0.120. The third kappa shape index (κ3) is 4.26. The number of fused-ring (bicyclic) bond motifs is 1. The molecule has 2 aromatic rings. The molecule has 0 aliphatic carbocycles. The molecule has 25 heavy (non-hydrogen) atoms. The van der Waals surface area contributed by atoms with Gasteiger partial charge in [-0.05, 0) is 54.2 Å². The number of ether oxygens (including phenoxy) is 1. The van der Waals surface area contributed by atoms with Crippen LogP contribution in [0.25, 0.3) is 0 Å². The highest BCUT2D eigenvalue weighted by atomic mass is 35.5. The molecule has 134 valence electrons. The molecular formula is C20H25ClN2O2. The van der Waals surface area contributed by atoms with Crippen LogP contribution in [0.3, 0.4) is 0 Å². The highest BCUT2D eigenvalue weighted by Crippen LogP contribution is 2.31. The first-order valence-corrected chi connectivity index (χ1v) is 8.46. The number of carbonyl (C=O) groups excluding carboxylic acids is 1. The lowest BCUT2D eigenvalue weighted by Crippen LogP contribution is -2.38. The second-order valence-corrected chi connectivity index (χ2v) is 6.51. The number of anilines is 2. The van der Waals surface area contributed by atoms with Gasteiger partial charge in [-0.15, -0.1) is 12.4 Å². The van der Waals surface area contributed by atoms with Crippen molar-refractivity contribution in [1.82, 2.24) is 0 Å². The van der Waals surface area contributed by atoms with Gasteiger partial charge in [0.05, 0.1) is 0 Å². The fraction of sp³-hybridized carbons (Fsp3) is 0.350. The highest BCUT2D eigenvalue weighted by Gasteiger charge is 2.24. The van der Waals surface area contributed by atoms with Crippen molar-refractivity contribution in [2.24, 2.45) is 0 Å². The molecule has 0 spiro atoms. The minimum Gasteiger partial charge on any atom is -0.484 e. The third-order valence-corrected chi connectivity index (χ3v) is 4.47. The van der Waals surface area contributed by atoms with Gasteiger partial charge in [0, 0.05) is 17.9 Å². The van der Waals surface area contributed by atoms with Crippen molar-refractivity contribution in [1.29, 1.82) is 0 Å². The van der Waals surface area contributed by atoms with E-state index in [0.717, 1.165) is 35.5 Å². The van der Waals surface area contributed by atoms with Gasteiger partial charge in [0.2, 0.25) is 0 Å². The van der Waals surface area contributed by atoms with E-state index in [1.807, 2.05) is 36.4 Å². The van der Waals surface area contributed by atoms with Crippen molar-refractivity contribution in [3.05, 3.63) is 53.6 Å². The Bertz CT molecular complexity index is 746. The number of hydrogen-bond donors (Lipinski definition) is 1. The molecule has 0 saturated heterocycles. The molecule has 1 heterocycles. The van der Waals surface area contributed by atoms with E-state index in [0.29, 0.717) is 12.5 Å². The normalized spacial score (nSPS) is 13.2. The van der Waals surface area contributed by atoms with E-state index in [2.05, 4.69) is 19.9 Å². The first-order chi connectivity index (χ1) is 11.6. The number of nitrogens with zero attached hydrogens (tertiary/aromatic N) is 1. The average molecular weight is 361 g/mol. The largest absolute Gasteiger partial charge is 0.484 e. The Hall–Kier alpha value is -2.20. The first-order valence-electron chi connectivity index (χ1n) is 8.46. The van der Waals surface area contributed by atoms with Crippen molar-refractivity contribution in [3.63, 3.8) is 0 Å². The molecule has 2 N–H and O–H groups in total. The van der Waals surface area contributed by atoms with E-state index in [-0.39, 0.29) is 24.9 Å². The Kier molecular flexibility index (Phi) is 6.32. The number of carbonyl (C=O) groups is 1. The Balaban J connectivity index is 0.00000225. The standard InChI is InChI=1S/C20H24N2O2.ClH/c1-14(2)15-6-3-7-16(12-15)24-13-20(23)22-11-5-8-17-18(21)9-4-10-19(17)22;/h3-4,6-7,9-10,12,14H,5,8,11,13,21H2,1-2H3;1H. The van der Waals surface area contributed by atoms with E-state index in [9.17, 15) is 4.79 Å². The van der Waals surface area contributed by atoms with Gasteiger partial charge in [-0.3, -0.25) is 4.79 Å². The summed E-state index contributed by atoms with van der Waals surface area (Å²) in [5.41, 5.74) is 10.00. The molecule has 0 saturated carbocycles. The van der Waals surface area contributed by atoms with Gasteiger partial charge in [-0.25, -0.2) is 0 Å². The molecule has 4 nitrogen and oxygen atoms in total. The maximum absolute atomic E-state index is 12.6. The minimum atomic E-state index is -0.0310. The molecule has 5 heteroatoms. The molecule has 0 aromatic heterocycles. The molecule has 3 rings (SSSR count). The molecule has 1 aliphatic rings. The van der Waals surface area contributed by atoms with Gasteiger partial charge in [0.25, 0.3) is 5.91 Å². The predicted octanol–water partition coefficient (Wildman–Crippen LogP) is 4.17. The number of hydrogen-bond acceptors (Lipinski definition) is 3. The van der Waals surface area contributed by atoms with Crippen LogP contribution in [0.4, 0.5) is 11.4 Å². The summed E-state index contributed by atoms with van der Waals surface area (Å²) in [4.78, 5) is 14.4. The molecule has 2 aromatic carbocycles. The van der Waals surface area contributed by atoms with Crippen LogP contribution in [0.2, 0.25) is 0 Å². The summed E-state index contributed by atoms with van der Waals surface area (Å²) in [6.07, 6.45) is 1.85. The lowest BCUT2D eigenvalue weighted by Gasteiger charge is -2.30. The summed E-state index contributed by atoms with van der Waals surface area (Å²) >= 11 is 0. The van der Waals surface area contributed by atoms with Crippen LogP contribution in [-0.4, -0.2) is 19.1 Å². The first kappa shape index (κ1) is 19.1. The predicted molar refractivity (Wildman–Crippen MR) is 105 cm³/mol. The van der Waals surface area contributed by atoms with Crippen LogP contribution in [0.1, 0.15) is 37.3 Å². The van der Waals surface area contributed by atoms with E-state index < -0.39 is 0 Å². The van der Waals surface area contributed by atoms with Gasteiger partial charge in [0.15, 0.2) is 6.61 Å². The fourth-order valence-corrected chi connectivity index (χ4v) is 3.10. The smallest absolute Gasteiger partial charge is 0.264 e. The highest BCUT2D eigenvalue weighted by molar-refractivity contribution is 5.96. The molecule has 0 bridgehead atoms. The monoisotopic (exact) mass is 360 g/mol. The van der Waals surface area contributed by atoms with E-state index in [4.69, 9.17) is 10.5 Å². The van der Waals surface area contributed by atoms with Crippen molar-refractivity contribution in [3.8, 4) is 5.75 Å². The summed E-state index contributed by atoms with van der Waals surface area (Å²) in [7, 11) is 0. The number of rotatable bonds is 4. The maximum Gasteiger partial charge on any atom is 0.264 e. The summed E-state index contributed by atoms with van der Waals surface area (Å²) in [6, 6.07) is 13.7. The number of benzene rings is 2. The summed E-state index contributed by atoms with van der Waals surface area (Å²) < 4.78 is 5.73. The van der Waals surface area contributed by atoms with Gasteiger partial charge in [-0.2, -0.15) is 0 Å². The van der Waals surface area contributed by atoms with Gasteiger partial charge >= 0.3 is 0 Å². The number of nitrogen functional groups attached to an aromatic ring is 1. The van der Waals surface area contributed by atoms with Crippen molar-refractivity contribution in [2.75, 3.05) is 23.8 Å². The number of nitrogens with two attached hydrogens (primary N) is 1. The lowest BCUT2D eigenvalue weighted by atomic mass is 10.00. The molecule has 1 amide bonds. The summed E-state index contributed by atoms with van der Waals surface area (Å²) in [5.74, 6) is 1.14. The van der Waals surface area contributed by atoms with Crippen LogP contribution in [0.5, 0.6) is 5.75 Å². The molecule has 0 radical (unpaired) electrons. The summed E-state index contributed by atoms with van der Waals surface area (Å²) in [5, 5.41) is 0. The molecule has 0 fully saturated rings. The second kappa shape index (κ2) is 8.26. The average Bonchev–Trinajstić information content (AvgIpc) is 2.60. The Labute approximate surface area is 155 Å². The maximum atomic E-state index is 12.6. The Morgan fingerprint density at radius 1 is 1.24 bits per heavy atom. The molecule has 0 unspecified atom stereocenters. The second-order valence-electron chi connectivity index (χ2n) is 6.51. The Morgan fingerprint density at radius 3 is 2.76 bits per heavy atom. The molecule has 1 aliphatic heterocycles. The number of halogens is 1. The quantitative estimate of drug-likeness (QED) is 0.832. The third-order valence-electron chi connectivity index (χ3n) is 4.47. The Morgan fingerprint density at radius 2 is 2.00 bits per heavy atom. The van der Waals surface area contributed by atoms with Crippen molar-refractivity contribution < 1.29 is 9.53 Å². The zero-order valence-electron chi connectivity index (χ0n) is 14.7. The van der Waals surface area contributed by atoms with Crippen LogP contribution < -0.4 is 15.4 Å². The van der Waals surface area contributed by atoms with E-state index in [1.54, 1.807) is 4.90 Å². The van der Waals surface area contributed by atoms with Crippen LogP contribution in [0, 0.1) is 0 Å². The SMILES string of the molecule is CC(C)c1cccc(OCC(=O)N2CCCc3c(N)cccc32)c1.Cl. The van der Waals surface area contributed by atoms with E-state index in [1.165, 1.54) is 5.56 Å². The van der Waals surface area contributed by atoms with Crippen LogP contribution in [-0.2, 0) is 11.2 Å². The van der Waals surface area contributed by atoms with Crippen molar-refractivity contribution in [2.45, 2.75) is 32.6 Å². The fourth-order valence-electron chi connectivity index (χ4n) is 3.10. The minimum absolute atomic E-state index is 0. The van der Waals surface area contributed by atoms with Gasteiger partial charge < -0.3 is 15.4 Å². The molecular weight excluding hydrogens is 336 g/mol. The number of amides is 1. The van der Waals surface area contributed by atoms with Crippen LogP contribution >= 0.6 is 12.4 Å². The van der Waals surface area contributed by atoms with E-state index >= 15 is 0 Å². The zero-order chi connectivity index (χ0) is 17.1. The van der Waals surface area contributed by atoms with Gasteiger partial charge in [-0.1, -0.05) is 32.0 Å². The topological polar surface area (TPSA) is 55.6 Å². The summed E-state index contributed by atoms with van der Waals surface area (Å²) in [6.45, 7) is 5.03. The van der Waals surface area contributed by atoms with Crippen LogP contribution in [0.15, 0.2) is 42.5 Å².